The van der Waals surface area contributed by atoms with Crippen molar-refractivity contribution in [3.05, 3.63) is 123 Å². The highest BCUT2D eigenvalue weighted by atomic mass is 32.2. The summed E-state index contributed by atoms with van der Waals surface area (Å²) in [6, 6.07) is 20.3. The number of methoxy groups -OCH3 is 1. The van der Waals surface area contributed by atoms with Crippen LogP contribution >= 0.6 is 10.7 Å². The number of allylic oxidation sites excluding steroid dienone is 2. The first kappa shape index (κ1) is 27.6. The van der Waals surface area contributed by atoms with Crippen LogP contribution in [-0.4, -0.2) is 23.9 Å². The van der Waals surface area contributed by atoms with Gasteiger partial charge in [-0.2, -0.15) is 0 Å². The van der Waals surface area contributed by atoms with Crippen LogP contribution in [0.3, 0.4) is 0 Å². The average Bonchev–Trinajstić information content (AvgIpc) is 3.30. The van der Waals surface area contributed by atoms with E-state index >= 15 is 0 Å². The standard InChI is InChI=1S/C31H32F2N2O2S/c1-21-14-15-28(34-20-21)31(19-23-10-7-6-8-11-23,25-13-9-12-24(17-25)30(3,32)33)35-38(5)26-16-22(2)27(18-26)29(36)37-4/h6-15,17-18,20,35H,5,16,19H2,1-4H3. The molecule has 0 radical (unpaired) electrons. The van der Waals surface area contributed by atoms with Crippen LogP contribution in [0.15, 0.2) is 95.1 Å². The van der Waals surface area contributed by atoms with Crippen LogP contribution in [0.4, 0.5) is 8.78 Å². The fraction of sp³-hybridized carbons (Fsp3) is 0.258. The van der Waals surface area contributed by atoms with Gasteiger partial charge < -0.3 is 4.74 Å². The summed E-state index contributed by atoms with van der Waals surface area (Å²) in [5.41, 5.74) is 3.74. The zero-order valence-corrected chi connectivity index (χ0v) is 22.9. The normalized spacial score (nSPS) is 16.1. The van der Waals surface area contributed by atoms with E-state index in [9.17, 15) is 13.6 Å². The Labute approximate surface area is 225 Å². The lowest BCUT2D eigenvalue weighted by Crippen LogP contribution is -2.43. The molecule has 2 atom stereocenters. The first-order valence-corrected chi connectivity index (χ1v) is 13.7. The Kier molecular flexibility index (Phi) is 8.09. The first-order chi connectivity index (χ1) is 18.0. The van der Waals surface area contributed by atoms with Crippen molar-refractivity contribution in [2.24, 2.45) is 0 Å². The maximum absolute atomic E-state index is 14.5. The molecule has 0 spiro atoms. The molecule has 2 aromatic carbocycles. The maximum atomic E-state index is 14.5. The fourth-order valence-corrected chi connectivity index (χ4v) is 6.13. The lowest BCUT2D eigenvalue weighted by atomic mass is 9.80. The number of halogens is 2. The quantitative estimate of drug-likeness (QED) is 0.238. The molecule has 0 saturated carbocycles. The number of hydrogen-bond acceptors (Lipinski definition) is 4. The van der Waals surface area contributed by atoms with Gasteiger partial charge in [0.25, 0.3) is 5.92 Å². The van der Waals surface area contributed by atoms with E-state index in [0.29, 0.717) is 29.7 Å². The SMILES string of the molecule is C=S(NC(Cc1ccccc1)(c1cccc(C(C)(F)F)c1)c1ccc(C)cn1)C1=CC(C(=O)OC)=C(C)C1. The molecule has 4 nitrogen and oxygen atoms in total. The summed E-state index contributed by atoms with van der Waals surface area (Å²) >= 11 is 0. The molecule has 1 heterocycles. The summed E-state index contributed by atoms with van der Waals surface area (Å²) in [6.45, 7) is 4.76. The number of aryl methyl sites for hydroxylation is 1. The van der Waals surface area contributed by atoms with Gasteiger partial charge in [0.05, 0.1) is 23.9 Å². The Morgan fingerprint density at radius 2 is 1.79 bits per heavy atom. The number of benzene rings is 2. The highest BCUT2D eigenvalue weighted by Gasteiger charge is 2.39. The molecule has 1 aliphatic carbocycles. The molecule has 3 aromatic rings. The lowest BCUT2D eigenvalue weighted by Gasteiger charge is -2.37. The van der Waals surface area contributed by atoms with Crippen LogP contribution in [0, 0.1) is 6.92 Å². The first-order valence-electron chi connectivity index (χ1n) is 12.3. The minimum absolute atomic E-state index is 0.0733. The maximum Gasteiger partial charge on any atom is 0.337 e. The summed E-state index contributed by atoms with van der Waals surface area (Å²) in [5, 5.41) is 0. The van der Waals surface area contributed by atoms with E-state index in [1.54, 1.807) is 18.3 Å². The molecule has 7 heteroatoms. The summed E-state index contributed by atoms with van der Waals surface area (Å²) in [7, 11) is 0.564. The second kappa shape index (κ2) is 11.1. The number of hydrogen-bond donors (Lipinski definition) is 1. The zero-order valence-electron chi connectivity index (χ0n) is 22.1. The van der Waals surface area contributed by atoms with E-state index < -0.39 is 22.1 Å². The summed E-state index contributed by atoms with van der Waals surface area (Å²) in [5.74, 6) is 1.04. The number of pyridine rings is 1. The molecule has 1 N–H and O–H groups in total. The Bertz CT molecular complexity index is 1410. The third-order valence-corrected chi connectivity index (χ3v) is 8.24. The molecule has 0 aliphatic heterocycles. The van der Waals surface area contributed by atoms with E-state index in [-0.39, 0.29) is 11.5 Å². The van der Waals surface area contributed by atoms with E-state index in [2.05, 4.69) is 10.6 Å². The predicted molar refractivity (Wildman–Crippen MR) is 151 cm³/mol. The molecule has 2 unspecified atom stereocenters. The van der Waals surface area contributed by atoms with E-state index in [0.717, 1.165) is 28.5 Å². The summed E-state index contributed by atoms with van der Waals surface area (Å²) in [6.07, 6.45) is 4.63. The fourth-order valence-electron chi connectivity index (χ4n) is 4.64. The van der Waals surface area contributed by atoms with Gasteiger partial charge in [0.15, 0.2) is 0 Å². The number of rotatable bonds is 9. The monoisotopic (exact) mass is 534 g/mol. The van der Waals surface area contributed by atoms with E-state index in [1.165, 1.54) is 13.2 Å². The molecule has 0 fully saturated rings. The minimum Gasteiger partial charge on any atom is -0.465 e. The Morgan fingerprint density at radius 1 is 1.08 bits per heavy atom. The zero-order chi connectivity index (χ0) is 27.5. The van der Waals surface area contributed by atoms with Crippen molar-refractivity contribution in [3.8, 4) is 0 Å². The van der Waals surface area contributed by atoms with Crippen LogP contribution in [0.2, 0.25) is 0 Å². The molecular weight excluding hydrogens is 502 g/mol. The third kappa shape index (κ3) is 5.84. The van der Waals surface area contributed by atoms with E-state index in [1.807, 2.05) is 68.5 Å². The van der Waals surface area contributed by atoms with Gasteiger partial charge in [-0.25, -0.2) is 18.3 Å². The van der Waals surface area contributed by atoms with Gasteiger partial charge in [0, 0.05) is 31.5 Å². The van der Waals surface area contributed by atoms with Crippen molar-refractivity contribution in [1.29, 1.82) is 0 Å². The molecule has 38 heavy (non-hydrogen) atoms. The van der Waals surface area contributed by atoms with Crippen molar-refractivity contribution in [2.75, 3.05) is 7.11 Å². The third-order valence-electron chi connectivity index (χ3n) is 6.75. The van der Waals surface area contributed by atoms with Gasteiger partial charge in [-0.1, -0.05) is 76.7 Å². The largest absolute Gasteiger partial charge is 0.465 e. The molecule has 0 bridgehead atoms. The molecule has 198 valence electrons. The molecule has 0 saturated heterocycles. The van der Waals surface area contributed by atoms with Gasteiger partial charge >= 0.3 is 5.97 Å². The number of aromatic nitrogens is 1. The molecule has 0 amide bonds. The second-order valence-corrected chi connectivity index (χ2v) is 11.2. The Balaban J connectivity index is 1.89. The lowest BCUT2D eigenvalue weighted by molar-refractivity contribution is -0.135. The molecule has 1 aliphatic rings. The molecule has 1 aromatic heterocycles. The number of carbonyl (C=O) groups is 1. The number of nitrogens with one attached hydrogen (secondary N) is 1. The van der Waals surface area contributed by atoms with Crippen molar-refractivity contribution < 1.29 is 18.3 Å². The minimum atomic E-state index is -3.01. The van der Waals surface area contributed by atoms with Gasteiger partial charge in [0.1, 0.15) is 0 Å². The summed E-state index contributed by atoms with van der Waals surface area (Å²) in [4.78, 5) is 18.0. The number of alkyl halides is 2. The van der Waals surface area contributed by atoms with Gasteiger partial charge in [-0.15, -0.1) is 0 Å². The van der Waals surface area contributed by atoms with Crippen molar-refractivity contribution >= 4 is 22.5 Å². The number of ether oxygens (including phenoxy) is 1. The van der Waals surface area contributed by atoms with Crippen molar-refractivity contribution in [2.45, 2.75) is 45.1 Å². The van der Waals surface area contributed by atoms with Crippen molar-refractivity contribution in [3.63, 3.8) is 0 Å². The van der Waals surface area contributed by atoms with Gasteiger partial charge in [0.2, 0.25) is 0 Å². The average molecular weight is 535 g/mol. The highest BCUT2D eigenvalue weighted by molar-refractivity contribution is 8.15. The Hall–Kier alpha value is -3.42. The summed E-state index contributed by atoms with van der Waals surface area (Å²) < 4.78 is 37.7. The highest BCUT2D eigenvalue weighted by Crippen LogP contribution is 2.42. The Morgan fingerprint density at radius 3 is 2.42 bits per heavy atom. The van der Waals surface area contributed by atoms with Crippen LogP contribution < -0.4 is 4.72 Å². The van der Waals surface area contributed by atoms with Crippen LogP contribution in [0.25, 0.3) is 0 Å². The van der Waals surface area contributed by atoms with E-state index in [4.69, 9.17) is 9.72 Å². The van der Waals surface area contributed by atoms with Crippen LogP contribution in [0.5, 0.6) is 0 Å². The molecule has 4 rings (SSSR count). The number of carbonyl (C=O) groups excluding carboxylic acids is 1. The topological polar surface area (TPSA) is 51.2 Å². The van der Waals surface area contributed by atoms with Crippen LogP contribution in [-0.2, 0) is 27.4 Å². The molecular formula is C31H32F2N2O2S. The van der Waals surface area contributed by atoms with Gasteiger partial charge in [-0.05, 0) is 53.7 Å². The smallest absolute Gasteiger partial charge is 0.337 e. The van der Waals surface area contributed by atoms with Crippen LogP contribution in [0.1, 0.15) is 48.2 Å². The van der Waals surface area contributed by atoms with Crippen molar-refractivity contribution in [1.82, 2.24) is 9.71 Å². The predicted octanol–water partition coefficient (Wildman–Crippen LogP) is 6.97. The van der Waals surface area contributed by atoms with Gasteiger partial charge in [-0.3, -0.25) is 4.98 Å². The number of nitrogens with zero attached hydrogens (tertiary/aromatic N) is 1. The second-order valence-electron chi connectivity index (χ2n) is 9.72. The number of esters is 1.